The summed E-state index contributed by atoms with van der Waals surface area (Å²) in [6, 6.07) is 6.15. The monoisotopic (exact) mass is 272 g/mol. The van der Waals surface area contributed by atoms with Crippen LogP contribution in [0.15, 0.2) is 24.5 Å². The second kappa shape index (κ2) is 6.32. The third-order valence-electron chi connectivity index (χ3n) is 3.31. The Morgan fingerprint density at radius 3 is 2.90 bits per heavy atom. The number of nitrogens with zero attached hydrogens (tertiary/aromatic N) is 3. The molecule has 0 aliphatic heterocycles. The Balaban J connectivity index is 2.15. The highest BCUT2D eigenvalue weighted by Gasteiger charge is 2.09. The topological polar surface area (TPSA) is 58.1 Å². The summed E-state index contributed by atoms with van der Waals surface area (Å²) in [5.41, 5.74) is 2.13. The molecule has 0 saturated heterocycles. The molecule has 0 aliphatic rings. The molecule has 2 aromatic rings. The van der Waals surface area contributed by atoms with E-state index in [9.17, 15) is 4.79 Å². The zero-order chi connectivity index (χ0) is 14.5. The first-order valence-electron chi connectivity index (χ1n) is 6.75. The number of amides is 1. The van der Waals surface area contributed by atoms with Crippen molar-refractivity contribution < 1.29 is 4.79 Å². The number of aryl methyl sites for hydroxylation is 1. The van der Waals surface area contributed by atoms with Crippen molar-refractivity contribution in [3.63, 3.8) is 0 Å². The van der Waals surface area contributed by atoms with Gasteiger partial charge in [0.15, 0.2) is 0 Å². The van der Waals surface area contributed by atoms with Gasteiger partial charge in [-0.3, -0.25) is 4.79 Å². The van der Waals surface area contributed by atoms with E-state index in [1.807, 2.05) is 19.2 Å². The predicted molar refractivity (Wildman–Crippen MR) is 80.8 cm³/mol. The molecule has 1 N–H and O–H groups in total. The van der Waals surface area contributed by atoms with Crippen molar-refractivity contribution >= 4 is 22.6 Å². The molecule has 0 saturated carbocycles. The summed E-state index contributed by atoms with van der Waals surface area (Å²) in [5.74, 6) is 0.984. The molecule has 2 rings (SSSR count). The number of hydrogen-bond acceptors (Lipinski definition) is 4. The lowest BCUT2D eigenvalue weighted by atomic mass is 10.1. The summed E-state index contributed by atoms with van der Waals surface area (Å²) in [6.07, 6.45) is 2.92. The van der Waals surface area contributed by atoms with Gasteiger partial charge < -0.3 is 10.2 Å². The number of fused-ring (bicyclic) bond motifs is 1. The molecule has 1 aromatic carbocycles. The Kier molecular flexibility index (Phi) is 4.50. The molecule has 0 spiro atoms. The van der Waals surface area contributed by atoms with E-state index in [-0.39, 0.29) is 5.91 Å². The van der Waals surface area contributed by atoms with Gasteiger partial charge in [-0.05, 0) is 25.5 Å². The maximum Gasteiger partial charge on any atom is 0.219 e. The van der Waals surface area contributed by atoms with Crippen LogP contribution in [0.5, 0.6) is 0 Å². The van der Waals surface area contributed by atoms with Gasteiger partial charge in [0.1, 0.15) is 12.1 Å². The second-order valence-electron chi connectivity index (χ2n) is 4.92. The SMILES string of the molecule is CNC(=O)CCCN(C)c1ncnc2ccc(C)cc12. The van der Waals surface area contributed by atoms with Crippen molar-refractivity contribution in [2.45, 2.75) is 19.8 Å². The minimum Gasteiger partial charge on any atom is -0.359 e. The molecule has 0 unspecified atom stereocenters. The third-order valence-corrected chi connectivity index (χ3v) is 3.31. The number of benzene rings is 1. The first-order valence-corrected chi connectivity index (χ1v) is 6.75. The van der Waals surface area contributed by atoms with Crippen molar-refractivity contribution in [3.8, 4) is 0 Å². The minimum absolute atomic E-state index is 0.0711. The van der Waals surface area contributed by atoms with Crippen molar-refractivity contribution in [3.05, 3.63) is 30.1 Å². The summed E-state index contributed by atoms with van der Waals surface area (Å²) in [6.45, 7) is 2.84. The van der Waals surface area contributed by atoms with Gasteiger partial charge in [0.05, 0.1) is 5.52 Å². The van der Waals surface area contributed by atoms with Crippen LogP contribution in [0.1, 0.15) is 18.4 Å². The lowest BCUT2D eigenvalue weighted by Crippen LogP contribution is -2.23. The van der Waals surface area contributed by atoms with Crippen LogP contribution in [0.2, 0.25) is 0 Å². The van der Waals surface area contributed by atoms with Crippen LogP contribution in [-0.2, 0) is 4.79 Å². The fourth-order valence-corrected chi connectivity index (χ4v) is 2.17. The van der Waals surface area contributed by atoms with E-state index in [0.29, 0.717) is 6.42 Å². The molecule has 5 heteroatoms. The second-order valence-corrected chi connectivity index (χ2v) is 4.92. The largest absolute Gasteiger partial charge is 0.359 e. The Morgan fingerprint density at radius 1 is 1.35 bits per heavy atom. The molecular weight excluding hydrogens is 252 g/mol. The number of carbonyl (C=O) groups is 1. The summed E-state index contributed by atoms with van der Waals surface area (Å²) in [7, 11) is 3.65. The van der Waals surface area contributed by atoms with E-state index in [4.69, 9.17) is 0 Å². The predicted octanol–water partition coefficient (Wildman–Crippen LogP) is 1.90. The van der Waals surface area contributed by atoms with Crippen LogP contribution in [0.25, 0.3) is 10.9 Å². The fraction of sp³-hybridized carbons (Fsp3) is 0.400. The third kappa shape index (κ3) is 3.23. The molecule has 1 heterocycles. The number of anilines is 1. The molecule has 106 valence electrons. The normalized spacial score (nSPS) is 10.6. The van der Waals surface area contributed by atoms with Crippen molar-refractivity contribution in [2.75, 3.05) is 25.5 Å². The average Bonchev–Trinajstić information content (AvgIpc) is 2.46. The molecule has 1 amide bonds. The Hall–Kier alpha value is -2.17. The van der Waals surface area contributed by atoms with E-state index in [2.05, 4.69) is 33.2 Å². The number of hydrogen-bond donors (Lipinski definition) is 1. The zero-order valence-electron chi connectivity index (χ0n) is 12.2. The number of rotatable bonds is 5. The first kappa shape index (κ1) is 14.2. The fourth-order valence-electron chi connectivity index (χ4n) is 2.17. The van der Waals surface area contributed by atoms with Gasteiger partial charge in [-0.25, -0.2) is 9.97 Å². The van der Waals surface area contributed by atoms with Gasteiger partial charge in [0, 0.05) is 32.4 Å². The number of nitrogens with one attached hydrogen (secondary N) is 1. The lowest BCUT2D eigenvalue weighted by Gasteiger charge is -2.19. The van der Waals surface area contributed by atoms with Gasteiger partial charge in [0.2, 0.25) is 5.91 Å². The van der Waals surface area contributed by atoms with Gasteiger partial charge >= 0.3 is 0 Å². The average molecular weight is 272 g/mol. The maximum absolute atomic E-state index is 11.2. The van der Waals surface area contributed by atoms with Crippen molar-refractivity contribution in [1.82, 2.24) is 15.3 Å². The molecule has 5 nitrogen and oxygen atoms in total. The highest BCUT2D eigenvalue weighted by Crippen LogP contribution is 2.23. The van der Waals surface area contributed by atoms with E-state index in [1.54, 1.807) is 13.4 Å². The first-order chi connectivity index (χ1) is 9.61. The van der Waals surface area contributed by atoms with Gasteiger partial charge in [0.25, 0.3) is 0 Å². The van der Waals surface area contributed by atoms with Gasteiger partial charge in [-0.2, -0.15) is 0 Å². The molecule has 0 bridgehead atoms. The maximum atomic E-state index is 11.2. The standard InChI is InChI=1S/C15H20N4O/c1-11-6-7-13-12(9-11)15(18-10-17-13)19(3)8-4-5-14(20)16-2/h6-7,9-10H,4-5,8H2,1-3H3,(H,16,20). The van der Waals surface area contributed by atoms with Gasteiger partial charge in [-0.15, -0.1) is 0 Å². The Bertz CT molecular complexity index is 612. The summed E-state index contributed by atoms with van der Waals surface area (Å²) >= 11 is 0. The summed E-state index contributed by atoms with van der Waals surface area (Å²) < 4.78 is 0. The highest BCUT2D eigenvalue weighted by atomic mass is 16.1. The molecular formula is C15H20N4O. The van der Waals surface area contributed by atoms with E-state index >= 15 is 0 Å². The molecule has 0 aliphatic carbocycles. The summed E-state index contributed by atoms with van der Waals surface area (Å²) in [5, 5.41) is 3.68. The van der Waals surface area contributed by atoms with Crippen LogP contribution in [0, 0.1) is 6.92 Å². The smallest absolute Gasteiger partial charge is 0.219 e. The molecule has 0 fully saturated rings. The molecule has 20 heavy (non-hydrogen) atoms. The van der Waals surface area contributed by atoms with Crippen molar-refractivity contribution in [1.29, 1.82) is 0 Å². The Labute approximate surface area is 119 Å². The highest BCUT2D eigenvalue weighted by molar-refractivity contribution is 5.89. The van der Waals surface area contributed by atoms with Crippen LogP contribution >= 0.6 is 0 Å². The molecule has 0 atom stereocenters. The van der Waals surface area contributed by atoms with Crippen LogP contribution in [0.4, 0.5) is 5.82 Å². The van der Waals surface area contributed by atoms with E-state index in [1.165, 1.54) is 5.56 Å². The molecule has 0 radical (unpaired) electrons. The quantitative estimate of drug-likeness (QED) is 0.903. The van der Waals surface area contributed by atoms with E-state index < -0.39 is 0 Å². The van der Waals surface area contributed by atoms with Crippen LogP contribution in [0.3, 0.4) is 0 Å². The minimum atomic E-state index is 0.0711. The van der Waals surface area contributed by atoms with Gasteiger partial charge in [-0.1, -0.05) is 11.6 Å². The Morgan fingerprint density at radius 2 is 2.15 bits per heavy atom. The lowest BCUT2D eigenvalue weighted by molar-refractivity contribution is -0.120. The van der Waals surface area contributed by atoms with Crippen molar-refractivity contribution in [2.24, 2.45) is 0 Å². The number of carbonyl (C=O) groups excluding carboxylic acids is 1. The zero-order valence-corrected chi connectivity index (χ0v) is 12.2. The van der Waals surface area contributed by atoms with E-state index in [0.717, 1.165) is 29.7 Å². The summed E-state index contributed by atoms with van der Waals surface area (Å²) in [4.78, 5) is 22.0. The van der Waals surface area contributed by atoms with Crippen LogP contribution < -0.4 is 10.2 Å². The molecule has 1 aromatic heterocycles. The van der Waals surface area contributed by atoms with Crippen LogP contribution in [-0.4, -0.2) is 36.5 Å². The number of aromatic nitrogens is 2.